The van der Waals surface area contributed by atoms with E-state index in [1.165, 1.54) is 0 Å². The van der Waals surface area contributed by atoms with Crippen molar-refractivity contribution in [1.82, 2.24) is 5.32 Å². The van der Waals surface area contributed by atoms with E-state index in [0.717, 1.165) is 12.8 Å². The van der Waals surface area contributed by atoms with E-state index >= 15 is 0 Å². The van der Waals surface area contributed by atoms with Gasteiger partial charge in [-0.05, 0) is 38.6 Å². The van der Waals surface area contributed by atoms with Crippen LogP contribution in [0.1, 0.15) is 46.5 Å². The molecule has 0 aliphatic carbocycles. The van der Waals surface area contributed by atoms with Crippen LogP contribution in [0.3, 0.4) is 0 Å². The van der Waals surface area contributed by atoms with Gasteiger partial charge in [0.1, 0.15) is 0 Å². The molecule has 0 saturated carbocycles. The van der Waals surface area contributed by atoms with Crippen molar-refractivity contribution in [1.29, 1.82) is 0 Å². The molecule has 1 amide bonds. The molecule has 2 unspecified atom stereocenters. The first-order chi connectivity index (χ1) is 7.41. The SMILES string of the molecule is CCC(C)(O)CNC(=O)CCC(C)CCN. The molecule has 0 aromatic heterocycles. The Morgan fingerprint density at radius 3 is 2.62 bits per heavy atom. The van der Waals surface area contributed by atoms with E-state index in [0.29, 0.717) is 31.8 Å². The van der Waals surface area contributed by atoms with Gasteiger partial charge < -0.3 is 16.2 Å². The number of carbonyl (C=O) groups is 1. The zero-order chi connectivity index (χ0) is 12.6. The number of carbonyl (C=O) groups excluding carboxylic acids is 1. The van der Waals surface area contributed by atoms with Crippen molar-refractivity contribution < 1.29 is 9.90 Å². The lowest BCUT2D eigenvalue weighted by atomic mass is 10.0. The van der Waals surface area contributed by atoms with Gasteiger partial charge in [-0.15, -0.1) is 0 Å². The Bertz CT molecular complexity index is 205. The molecule has 0 aromatic rings. The lowest BCUT2D eigenvalue weighted by Crippen LogP contribution is -2.40. The number of amides is 1. The van der Waals surface area contributed by atoms with Gasteiger partial charge in [-0.2, -0.15) is 0 Å². The fraction of sp³-hybridized carbons (Fsp3) is 0.917. The molecule has 2 atom stereocenters. The van der Waals surface area contributed by atoms with E-state index in [1.54, 1.807) is 6.92 Å². The topological polar surface area (TPSA) is 75.3 Å². The Morgan fingerprint density at radius 2 is 2.12 bits per heavy atom. The molecule has 0 aromatic carbocycles. The van der Waals surface area contributed by atoms with Crippen molar-refractivity contribution >= 4 is 5.91 Å². The summed E-state index contributed by atoms with van der Waals surface area (Å²) >= 11 is 0. The second kappa shape index (κ2) is 7.63. The molecule has 96 valence electrons. The zero-order valence-corrected chi connectivity index (χ0v) is 10.8. The van der Waals surface area contributed by atoms with Gasteiger partial charge >= 0.3 is 0 Å². The largest absolute Gasteiger partial charge is 0.388 e. The van der Waals surface area contributed by atoms with Crippen molar-refractivity contribution in [3.63, 3.8) is 0 Å². The number of nitrogens with two attached hydrogens (primary N) is 1. The van der Waals surface area contributed by atoms with Crippen molar-refractivity contribution in [3.05, 3.63) is 0 Å². The Kier molecular flexibility index (Phi) is 7.34. The highest BCUT2D eigenvalue weighted by Gasteiger charge is 2.18. The third-order valence-corrected chi connectivity index (χ3v) is 2.95. The van der Waals surface area contributed by atoms with E-state index in [1.807, 2.05) is 6.92 Å². The van der Waals surface area contributed by atoms with Gasteiger partial charge in [0, 0.05) is 13.0 Å². The summed E-state index contributed by atoms with van der Waals surface area (Å²) in [6.07, 6.45) is 2.97. The van der Waals surface area contributed by atoms with Gasteiger partial charge in [-0.25, -0.2) is 0 Å². The van der Waals surface area contributed by atoms with Gasteiger partial charge in [-0.3, -0.25) is 4.79 Å². The average molecular weight is 230 g/mol. The molecule has 16 heavy (non-hydrogen) atoms. The van der Waals surface area contributed by atoms with Crippen molar-refractivity contribution in [2.24, 2.45) is 11.7 Å². The minimum Gasteiger partial charge on any atom is -0.388 e. The Labute approximate surface area is 98.6 Å². The maximum atomic E-state index is 11.5. The Balaban J connectivity index is 3.67. The van der Waals surface area contributed by atoms with Crippen molar-refractivity contribution in [2.75, 3.05) is 13.1 Å². The highest BCUT2D eigenvalue weighted by atomic mass is 16.3. The quantitative estimate of drug-likeness (QED) is 0.583. The number of rotatable bonds is 8. The summed E-state index contributed by atoms with van der Waals surface area (Å²) in [5, 5.41) is 12.5. The van der Waals surface area contributed by atoms with Crippen LogP contribution in [0, 0.1) is 5.92 Å². The van der Waals surface area contributed by atoms with Gasteiger partial charge in [0.15, 0.2) is 0 Å². The minimum atomic E-state index is -0.793. The molecule has 4 heteroatoms. The molecule has 0 bridgehead atoms. The molecule has 4 nitrogen and oxygen atoms in total. The summed E-state index contributed by atoms with van der Waals surface area (Å²) in [6, 6.07) is 0. The Morgan fingerprint density at radius 1 is 1.50 bits per heavy atom. The third-order valence-electron chi connectivity index (χ3n) is 2.95. The van der Waals surface area contributed by atoms with E-state index in [-0.39, 0.29) is 5.91 Å². The second-order valence-electron chi connectivity index (χ2n) is 4.85. The summed E-state index contributed by atoms with van der Waals surface area (Å²) in [5.41, 5.74) is 4.64. The molecular weight excluding hydrogens is 204 g/mol. The van der Waals surface area contributed by atoms with Crippen LogP contribution in [0.25, 0.3) is 0 Å². The van der Waals surface area contributed by atoms with Crippen LogP contribution in [0.15, 0.2) is 0 Å². The number of nitrogens with one attached hydrogen (secondary N) is 1. The molecule has 0 aliphatic heterocycles. The third kappa shape index (κ3) is 7.65. The predicted octanol–water partition coefficient (Wildman–Crippen LogP) is 1.03. The minimum absolute atomic E-state index is 0.0117. The summed E-state index contributed by atoms with van der Waals surface area (Å²) in [5.74, 6) is 0.500. The van der Waals surface area contributed by atoms with Crippen molar-refractivity contribution in [3.8, 4) is 0 Å². The first kappa shape index (κ1) is 15.4. The summed E-state index contributed by atoms with van der Waals surface area (Å²) < 4.78 is 0. The maximum Gasteiger partial charge on any atom is 0.220 e. The molecule has 0 heterocycles. The number of aliphatic hydroxyl groups is 1. The molecule has 0 aliphatic rings. The molecule has 4 N–H and O–H groups in total. The summed E-state index contributed by atoms with van der Waals surface area (Å²) in [4.78, 5) is 11.5. The van der Waals surface area contributed by atoms with Crippen LogP contribution in [0.2, 0.25) is 0 Å². The maximum absolute atomic E-state index is 11.5. The van der Waals surface area contributed by atoms with Crippen LogP contribution in [-0.2, 0) is 4.79 Å². The van der Waals surface area contributed by atoms with Gasteiger partial charge in [-0.1, -0.05) is 13.8 Å². The number of hydrogen-bond acceptors (Lipinski definition) is 3. The fourth-order valence-corrected chi connectivity index (χ4v) is 1.31. The average Bonchev–Trinajstić information content (AvgIpc) is 2.24. The Hall–Kier alpha value is -0.610. The normalized spacial score (nSPS) is 16.6. The molecule has 0 saturated heterocycles. The first-order valence-corrected chi connectivity index (χ1v) is 6.10. The monoisotopic (exact) mass is 230 g/mol. The van der Waals surface area contributed by atoms with Crippen LogP contribution in [0.5, 0.6) is 0 Å². The van der Waals surface area contributed by atoms with Crippen molar-refractivity contribution in [2.45, 2.75) is 52.1 Å². The van der Waals surface area contributed by atoms with Gasteiger partial charge in [0.05, 0.1) is 5.60 Å². The van der Waals surface area contributed by atoms with Crippen LogP contribution in [-0.4, -0.2) is 29.7 Å². The van der Waals surface area contributed by atoms with E-state index in [4.69, 9.17) is 5.73 Å². The molecule has 0 fully saturated rings. The molecular formula is C12H26N2O2. The molecule has 0 spiro atoms. The lowest BCUT2D eigenvalue weighted by Gasteiger charge is -2.21. The summed E-state index contributed by atoms with van der Waals surface area (Å²) in [7, 11) is 0. The van der Waals surface area contributed by atoms with Crippen LogP contribution < -0.4 is 11.1 Å². The fourth-order valence-electron chi connectivity index (χ4n) is 1.31. The van der Waals surface area contributed by atoms with Crippen LogP contribution >= 0.6 is 0 Å². The highest BCUT2D eigenvalue weighted by molar-refractivity contribution is 5.75. The van der Waals surface area contributed by atoms with Gasteiger partial charge in [0.25, 0.3) is 0 Å². The van der Waals surface area contributed by atoms with E-state index in [2.05, 4.69) is 12.2 Å². The molecule has 0 radical (unpaired) electrons. The molecule has 0 rings (SSSR count). The van der Waals surface area contributed by atoms with Gasteiger partial charge in [0.2, 0.25) is 5.91 Å². The smallest absolute Gasteiger partial charge is 0.220 e. The lowest BCUT2D eigenvalue weighted by molar-refractivity contribution is -0.122. The van der Waals surface area contributed by atoms with E-state index in [9.17, 15) is 9.90 Å². The van der Waals surface area contributed by atoms with E-state index < -0.39 is 5.60 Å². The van der Waals surface area contributed by atoms with Crippen LogP contribution in [0.4, 0.5) is 0 Å². The summed E-state index contributed by atoms with van der Waals surface area (Å²) in [6.45, 7) is 6.73. The standard InChI is InChI=1S/C12H26N2O2/c1-4-12(3,16)9-14-11(15)6-5-10(2)7-8-13/h10,16H,4-9,13H2,1-3H3,(H,14,15). The highest BCUT2D eigenvalue weighted by Crippen LogP contribution is 2.10. The zero-order valence-electron chi connectivity index (χ0n) is 10.8. The number of hydrogen-bond donors (Lipinski definition) is 3. The predicted molar refractivity (Wildman–Crippen MR) is 66.0 cm³/mol. The second-order valence-corrected chi connectivity index (χ2v) is 4.85. The first-order valence-electron chi connectivity index (χ1n) is 6.10.